The van der Waals surface area contributed by atoms with Crippen molar-refractivity contribution in [3.05, 3.63) is 40.9 Å². The fourth-order valence-corrected chi connectivity index (χ4v) is 2.16. The van der Waals surface area contributed by atoms with Crippen molar-refractivity contribution in [2.45, 2.75) is 0 Å². The van der Waals surface area contributed by atoms with Crippen LogP contribution in [0.3, 0.4) is 0 Å². The third kappa shape index (κ3) is 2.56. The summed E-state index contributed by atoms with van der Waals surface area (Å²) in [7, 11) is 1.41. The molecule has 0 spiro atoms. The molecule has 0 radical (unpaired) electrons. The molecule has 0 bridgehead atoms. The van der Waals surface area contributed by atoms with E-state index in [0.717, 1.165) is 0 Å². The van der Waals surface area contributed by atoms with Gasteiger partial charge in [-0.15, -0.1) is 0 Å². The lowest BCUT2D eigenvalue weighted by Gasteiger charge is -2.03. The van der Waals surface area contributed by atoms with Gasteiger partial charge in [0.05, 0.1) is 4.91 Å². The van der Waals surface area contributed by atoms with Gasteiger partial charge in [-0.2, -0.15) is 0 Å². The molecule has 1 aromatic rings. The fraction of sp³-hybridized carbons (Fsp3) is 0. The van der Waals surface area contributed by atoms with Crippen LogP contribution in [0.1, 0.15) is 5.56 Å². The summed E-state index contributed by atoms with van der Waals surface area (Å²) in [5.74, 6) is 0. The Bertz CT molecular complexity index is 439. The summed E-state index contributed by atoms with van der Waals surface area (Å²) in [5, 5.41) is 0. The van der Waals surface area contributed by atoms with Crippen LogP contribution in [0.25, 0.3) is 4.91 Å². The molecule has 0 saturated carbocycles. The van der Waals surface area contributed by atoms with Crippen LogP contribution >= 0.6 is 26.6 Å². The monoisotopic (exact) mass is 280 g/mol. The number of hydrogen-bond acceptors (Lipinski definition) is 2. The van der Waals surface area contributed by atoms with Gasteiger partial charge in [-0.05, 0) is 6.07 Å². The van der Waals surface area contributed by atoms with Crippen LogP contribution in [0.4, 0.5) is 0 Å². The Balaban J connectivity index is 3.26. The lowest BCUT2D eigenvalue weighted by Crippen LogP contribution is -1.93. The molecule has 0 amide bonds. The Morgan fingerprint density at radius 1 is 1.38 bits per heavy atom. The van der Waals surface area contributed by atoms with E-state index in [0.29, 0.717) is 10.0 Å². The summed E-state index contributed by atoms with van der Waals surface area (Å²) in [6.07, 6.45) is 0. The first-order valence-corrected chi connectivity index (χ1v) is 6.41. The van der Waals surface area contributed by atoms with Crippen molar-refractivity contribution in [2.24, 2.45) is 0 Å². The summed E-state index contributed by atoms with van der Waals surface area (Å²) in [4.78, 5) is -0.0957. The van der Waals surface area contributed by atoms with Crippen molar-refractivity contribution < 1.29 is 8.42 Å². The highest BCUT2D eigenvalue weighted by Crippen LogP contribution is 2.28. The minimum absolute atomic E-state index is 0.0957. The van der Waals surface area contributed by atoms with Crippen LogP contribution in [-0.2, 0) is 9.05 Å². The zero-order valence-electron chi connectivity index (χ0n) is 6.50. The summed E-state index contributed by atoms with van der Waals surface area (Å²) in [6, 6.07) is 6.85. The number of benzene rings is 1. The van der Waals surface area contributed by atoms with Crippen LogP contribution < -0.4 is 0 Å². The lowest BCUT2D eigenvalue weighted by molar-refractivity contribution is 0.618. The van der Waals surface area contributed by atoms with Gasteiger partial charge in [0.15, 0.2) is 0 Å². The fourth-order valence-electron chi connectivity index (χ4n) is 0.819. The molecule has 5 heteroatoms. The molecule has 0 fully saturated rings. The Hall–Kier alpha value is -0.320. The van der Waals surface area contributed by atoms with Gasteiger partial charge in [-0.25, -0.2) is 8.42 Å². The predicted molar refractivity (Wildman–Crippen MR) is 57.9 cm³/mol. The first-order valence-electron chi connectivity index (χ1n) is 3.31. The summed E-state index contributed by atoms with van der Waals surface area (Å²) < 4.78 is 22.5. The van der Waals surface area contributed by atoms with E-state index < -0.39 is 9.05 Å². The topological polar surface area (TPSA) is 34.1 Å². The van der Waals surface area contributed by atoms with E-state index >= 15 is 0 Å². The normalized spacial score (nSPS) is 11.2. The summed E-state index contributed by atoms with van der Waals surface area (Å²) in [6.45, 7) is 3.41. The first kappa shape index (κ1) is 10.8. The van der Waals surface area contributed by atoms with E-state index in [1.54, 1.807) is 24.3 Å². The molecule has 0 aliphatic carbocycles. The highest BCUT2D eigenvalue weighted by Gasteiger charge is 2.15. The molecule has 1 rings (SSSR count). The van der Waals surface area contributed by atoms with Crippen LogP contribution in [0.5, 0.6) is 0 Å². The molecule has 0 saturated heterocycles. The van der Waals surface area contributed by atoms with Crippen molar-refractivity contribution in [1.29, 1.82) is 0 Å². The molecule has 0 aromatic heterocycles. The number of hydrogen-bond donors (Lipinski definition) is 0. The van der Waals surface area contributed by atoms with Crippen molar-refractivity contribution in [3.63, 3.8) is 0 Å². The van der Waals surface area contributed by atoms with Crippen molar-refractivity contribution in [3.8, 4) is 0 Å². The van der Waals surface area contributed by atoms with E-state index in [-0.39, 0.29) is 4.91 Å². The Morgan fingerprint density at radius 3 is 2.38 bits per heavy atom. The number of halogens is 2. The third-order valence-corrected chi connectivity index (χ3v) is 3.53. The molecule has 0 atom stereocenters. The molecule has 0 aliphatic heterocycles. The van der Waals surface area contributed by atoms with Gasteiger partial charge in [0, 0.05) is 20.7 Å². The molecule has 13 heavy (non-hydrogen) atoms. The van der Waals surface area contributed by atoms with Gasteiger partial charge in [0.25, 0.3) is 9.05 Å². The molecule has 0 aliphatic rings. The lowest BCUT2D eigenvalue weighted by atomic mass is 10.2. The van der Waals surface area contributed by atoms with Gasteiger partial charge < -0.3 is 0 Å². The smallest absolute Gasteiger partial charge is 0.207 e. The minimum atomic E-state index is -3.73. The Morgan fingerprint density at radius 2 is 1.92 bits per heavy atom. The second-order valence-corrected chi connectivity index (χ2v) is 5.78. The molecule has 0 heterocycles. The Labute approximate surface area is 89.8 Å². The Kier molecular flexibility index (Phi) is 3.16. The largest absolute Gasteiger partial charge is 0.261 e. The van der Waals surface area contributed by atoms with Crippen LogP contribution in [0, 0.1) is 0 Å². The highest BCUT2D eigenvalue weighted by molar-refractivity contribution is 9.10. The quantitative estimate of drug-likeness (QED) is 0.781. The highest BCUT2D eigenvalue weighted by atomic mass is 79.9. The van der Waals surface area contributed by atoms with E-state index in [1.807, 2.05) is 0 Å². The maximum absolute atomic E-state index is 10.9. The van der Waals surface area contributed by atoms with E-state index in [4.69, 9.17) is 10.7 Å². The average Bonchev–Trinajstić information content (AvgIpc) is 2.02. The summed E-state index contributed by atoms with van der Waals surface area (Å²) >= 11 is 3.21. The minimum Gasteiger partial charge on any atom is -0.207 e. The first-order chi connectivity index (χ1) is 5.93. The zero-order valence-corrected chi connectivity index (χ0v) is 9.66. The van der Waals surface area contributed by atoms with Crippen LogP contribution in [0.2, 0.25) is 0 Å². The van der Waals surface area contributed by atoms with E-state index in [9.17, 15) is 8.42 Å². The number of rotatable bonds is 2. The molecule has 2 nitrogen and oxygen atoms in total. The van der Waals surface area contributed by atoms with Gasteiger partial charge in [-0.1, -0.05) is 40.7 Å². The molecule has 0 N–H and O–H groups in total. The maximum Gasteiger partial charge on any atom is 0.261 e. The SMILES string of the molecule is C=C(c1ccccc1Br)S(=O)(=O)Cl. The van der Waals surface area contributed by atoms with Gasteiger partial charge in [-0.3, -0.25) is 0 Å². The predicted octanol–water partition coefficient (Wildman–Crippen LogP) is 2.99. The molecule has 1 aromatic carbocycles. The van der Waals surface area contributed by atoms with E-state index in [2.05, 4.69) is 22.5 Å². The third-order valence-electron chi connectivity index (χ3n) is 1.47. The zero-order chi connectivity index (χ0) is 10.1. The van der Waals surface area contributed by atoms with Gasteiger partial charge >= 0.3 is 0 Å². The van der Waals surface area contributed by atoms with Crippen molar-refractivity contribution in [2.75, 3.05) is 0 Å². The standard InChI is InChI=1S/C8H6BrClO2S/c1-6(13(10,11)12)7-4-2-3-5-8(7)9/h2-5H,1H2. The average molecular weight is 282 g/mol. The van der Waals surface area contributed by atoms with E-state index in [1.165, 1.54) is 0 Å². The van der Waals surface area contributed by atoms with Crippen molar-refractivity contribution >= 4 is 40.6 Å². The van der Waals surface area contributed by atoms with Gasteiger partial charge in [0.2, 0.25) is 0 Å². The van der Waals surface area contributed by atoms with Crippen LogP contribution in [0.15, 0.2) is 35.3 Å². The maximum atomic E-state index is 10.9. The molecule has 70 valence electrons. The van der Waals surface area contributed by atoms with Crippen molar-refractivity contribution in [1.82, 2.24) is 0 Å². The summed E-state index contributed by atoms with van der Waals surface area (Å²) in [5.41, 5.74) is 0.484. The molecular formula is C8H6BrClO2S. The second-order valence-electron chi connectivity index (χ2n) is 2.34. The second kappa shape index (κ2) is 3.82. The molecule has 0 unspecified atom stereocenters. The van der Waals surface area contributed by atoms with Gasteiger partial charge in [0.1, 0.15) is 0 Å². The van der Waals surface area contributed by atoms with Crippen LogP contribution in [-0.4, -0.2) is 8.42 Å². The molecular weight excluding hydrogens is 276 g/mol.